The summed E-state index contributed by atoms with van der Waals surface area (Å²) in [5.74, 6) is 0.151. The molecule has 1 aliphatic heterocycles. The molecule has 0 saturated heterocycles. The highest BCUT2D eigenvalue weighted by Crippen LogP contribution is 2.23. The Labute approximate surface area is 207 Å². The topological polar surface area (TPSA) is 127 Å². The number of nitrogens with one attached hydrogen (secondary N) is 1. The van der Waals surface area contributed by atoms with Gasteiger partial charge in [0.15, 0.2) is 21.8 Å². The van der Waals surface area contributed by atoms with E-state index in [4.69, 9.17) is 9.40 Å². The minimum absolute atomic E-state index is 0.0218. The molecule has 0 aliphatic carbocycles. The Morgan fingerprint density at radius 2 is 1.89 bits per heavy atom. The third-order valence-corrected chi connectivity index (χ3v) is 7.17. The highest BCUT2D eigenvalue weighted by atomic mass is 32.2. The van der Waals surface area contributed by atoms with E-state index >= 15 is 0 Å². The first-order valence-electron chi connectivity index (χ1n) is 11.5. The van der Waals surface area contributed by atoms with Crippen LogP contribution >= 0.6 is 0 Å². The Hall–Kier alpha value is -3.99. The molecule has 3 heterocycles. The van der Waals surface area contributed by atoms with Crippen molar-refractivity contribution >= 4 is 32.8 Å². The molecule has 0 unspecified atom stereocenters. The Morgan fingerprint density at radius 1 is 1.14 bits per heavy atom. The van der Waals surface area contributed by atoms with E-state index in [0.717, 1.165) is 6.26 Å². The average molecular weight is 508 g/mol. The molecule has 4 aromatic rings. The van der Waals surface area contributed by atoms with Crippen LogP contribution in [-0.4, -0.2) is 52.6 Å². The molecular weight excluding hydrogens is 482 g/mol. The summed E-state index contributed by atoms with van der Waals surface area (Å²) in [6.45, 7) is 4.41. The van der Waals surface area contributed by atoms with E-state index in [2.05, 4.69) is 10.3 Å². The standard InChI is InChI=1S/C25H25N5O5S/c1-15(2)27-25-28-21-13-29(23(31)16-4-9-20-22(12-16)35-14-26-20)11-10-19(21)24(32)30(25)17-5-7-18(8-6-17)36(3,33)34/h4-9,12,14-15H,10-11,13H2,1-3H3,(H,27,28). The molecule has 186 valence electrons. The van der Waals surface area contributed by atoms with Gasteiger partial charge in [-0.25, -0.2) is 23.0 Å². The Bertz CT molecular complexity index is 1640. The zero-order valence-corrected chi connectivity index (χ0v) is 20.9. The number of amides is 1. The Balaban J connectivity index is 1.52. The van der Waals surface area contributed by atoms with Gasteiger partial charge in [-0.2, -0.15) is 0 Å². The number of anilines is 1. The summed E-state index contributed by atoms with van der Waals surface area (Å²) in [4.78, 5) is 37.5. The van der Waals surface area contributed by atoms with Gasteiger partial charge in [0.25, 0.3) is 11.5 Å². The van der Waals surface area contributed by atoms with Crippen LogP contribution in [0.15, 0.2) is 63.0 Å². The molecule has 5 rings (SSSR count). The molecule has 2 aromatic carbocycles. The van der Waals surface area contributed by atoms with Crippen molar-refractivity contribution in [3.05, 3.63) is 76.0 Å². The van der Waals surface area contributed by atoms with E-state index in [9.17, 15) is 18.0 Å². The molecule has 2 aromatic heterocycles. The van der Waals surface area contributed by atoms with Gasteiger partial charge >= 0.3 is 0 Å². The van der Waals surface area contributed by atoms with Crippen LogP contribution in [0.2, 0.25) is 0 Å². The molecule has 11 heteroatoms. The zero-order valence-electron chi connectivity index (χ0n) is 20.1. The first-order chi connectivity index (χ1) is 17.1. The lowest BCUT2D eigenvalue weighted by molar-refractivity contribution is 0.0731. The van der Waals surface area contributed by atoms with Crippen LogP contribution in [0.3, 0.4) is 0 Å². The number of nitrogens with zero attached hydrogens (tertiary/aromatic N) is 4. The predicted molar refractivity (Wildman–Crippen MR) is 134 cm³/mol. The summed E-state index contributed by atoms with van der Waals surface area (Å²) in [5.41, 5.74) is 3.01. The molecule has 0 radical (unpaired) electrons. The van der Waals surface area contributed by atoms with Crippen molar-refractivity contribution in [3.63, 3.8) is 0 Å². The zero-order chi connectivity index (χ0) is 25.6. The Morgan fingerprint density at radius 3 is 2.58 bits per heavy atom. The van der Waals surface area contributed by atoms with Crippen molar-refractivity contribution in [1.82, 2.24) is 19.4 Å². The summed E-state index contributed by atoms with van der Waals surface area (Å²) in [5, 5.41) is 3.21. The third kappa shape index (κ3) is 4.37. The number of benzene rings is 2. The van der Waals surface area contributed by atoms with Crippen molar-refractivity contribution in [2.45, 2.75) is 37.8 Å². The molecule has 0 fully saturated rings. The highest BCUT2D eigenvalue weighted by molar-refractivity contribution is 7.90. The number of carbonyl (C=O) groups excluding carboxylic acids is 1. The van der Waals surface area contributed by atoms with Crippen molar-refractivity contribution in [2.75, 3.05) is 18.1 Å². The van der Waals surface area contributed by atoms with Gasteiger partial charge in [0.2, 0.25) is 5.95 Å². The second-order valence-corrected chi connectivity index (χ2v) is 11.1. The SMILES string of the molecule is CC(C)Nc1nc2c(c(=O)n1-c1ccc(S(C)(=O)=O)cc1)CCN(C(=O)c1ccc3ncoc3c1)C2. The first-order valence-corrected chi connectivity index (χ1v) is 13.4. The van der Waals surface area contributed by atoms with Crippen molar-refractivity contribution in [2.24, 2.45) is 0 Å². The van der Waals surface area contributed by atoms with Gasteiger partial charge in [0.05, 0.1) is 22.8 Å². The predicted octanol–water partition coefficient (Wildman–Crippen LogP) is 2.80. The summed E-state index contributed by atoms with van der Waals surface area (Å²) < 4.78 is 30.5. The molecular formula is C25H25N5O5S. The summed E-state index contributed by atoms with van der Waals surface area (Å²) in [6, 6.07) is 11.2. The minimum Gasteiger partial charge on any atom is -0.443 e. The van der Waals surface area contributed by atoms with Crippen LogP contribution in [0.5, 0.6) is 0 Å². The number of oxazole rings is 1. The number of aromatic nitrogens is 3. The van der Waals surface area contributed by atoms with Crippen molar-refractivity contribution in [3.8, 4) is 5.69 Å². The van der Waals surface area contributed by atoms with Crippen LogP contribution in [0.4, 0.5) is 5.95 Å². The van der Waals surface area contributed by atoms with E-state index in [1.807, 2.05) is 13.8 Å². The molecule has 0 spiro atoms. The van der Waals surface area contributed by atoms with Crippen LogP contribution in [0.1, 0.15) is 35.5 Å². The summed E-state index contributed by atoms with van der Waals surface area (Å²) >= 11 is 0. The quantitative estimate of drug-likeness (QED) is 0.437. The monoisotopic (exact) mass is 507 g/mol. The molecule has 1 aliphatic rings. The van der Waals surface area contributed by atoms with Gasteiger partial charge in [-0.1, -0.05) is 0 Å². The maximum absolute atomic E-state index is 13.6. The molecule has 1 amide bonds. The van der Waals surface area contributed by atoms with Gasteiger partial charge in [-0.05, 0) is 62.7 Å². The molecule has 0 atom stereocenters. The van der Waals surface area contributed by atoms with E-state index < -0.39 is 9.84 Å². The molecule has 0 bridgehead atoms. The number of hydrogen-bond acceptors (Lipinski definition) is 8. The number of carbonyl (C=O) groups is 1. The largest absolute Gasteiger partial charge is 0.443 e. The van der Waals surface area contributed by atoms with Crippen LogP contribution < -0.4 is 10.9 Å². The number of fused-ring (bicyclic) bond motifs is 2. The van der Waals surface area contributed by atoms with Gasteiger partial charge in [0, 0.05) is 30.0 Å². The van der Waals surface area contributed by atoms with Crippen molar-refractivity contribution < 1.29 is 17.6 Å². The fraction of sp³-hybridized carbons (Fsp3) is 0.280. The van der Waals surface area contributed by atoms with Gasteiger partial charge in [-0.15, -0.1) is 0 Å². The molecule has 0 saturated carbocycles. The van der Waals surface area contributed by atoms with Crippen molar-refractivity contribution in [1.29, 1.82) is 0 Å². The smallest absolute Gasteiger partial charge is 0.263 e. The molecule has 10 nitrogen and oxygen atoms in total. The minimum atomic E-state index is -3.37. The van der Waals surface area contributed by atoms with Gasteiger partial charge < -0.3 is 14.6 Å². The summed E-state index contributed by atoms with van der Waals surface area (Å²) in [6.07, 6.45) is 2.82. The molecule has 36 heavy (non-hydrogen) atoms. The Kier molecular flexibility index (Phi) is 5.87. The van der Waals surface area contributed by atoms with E-state index in [-0.39, 0.29) is 28.9 Å². The lowest BCUT2D eigenvalue weighted by Gasteiger charge is -2.29. The summed E-state index contributed by atoms with van der Waals surface area (Å²) in [7, 11) is -3.37. The number of rotatable bonds is 5. The first kappa shape index (κ1) is 23.7. The number of sulfone groups is 1. The van der Waals surface area contributed by atoms with Gasteiger partial charge in [0.1, 0.15) is 5.52 Å². The second-order valence-electron chi connectivity index (χ2n) is 9.08. The van der Waals surface area contributed by atoms with E-state index in [0.29, 0.717) is 52.5 Å². The maximum Gasteiger partial charge on any atom is 0.263 e. The van der Waals surface area contributed by atoms with Gasteiger partial charge in [-0.3, -0.25) is 9.59 Å². The maximum atomic E-state index is 13.6. The lowest BCUT2D eigenvalue weighted by atomic mass is 10.0. The highest BCUT2D eigenvalue weighted by Gasteiger charge is 2.28. The third-order valence-electron chi connectivity index (χ3n) is 6.04. The second kappa shape index (κ2) is 8.90. The lowest BCUT2D eigenvalue weighted by Crippen LogP contribution is -2.41. The van der Waals surface area contributed by atoms with Crippen LogP contribution in [-0.2, 0) is 22.8 Å². The van der Waals surface area contributed by atoms with E-state index in [1.54, 1.807) is 35.2 Å². The van der Waals surface area contributed by atoms with Crippen LogP contribution in [0, 0.1) is 0 Å². The fourth-order valence-electron chi connectivity index (χ4n) is 4.27. The van der Waals surface area contributed by atoms with Crippen LogP contribution in [0.25, 0.3) is 16.8 Å². The fourth-order valence-corrected chi connectivity index (χ4v) is 4.90. The number of hydrogen-bond donors (Lipinski definition) is 1. The average Bonchev–Trinajstić information content (AvgIpc) is 3.30. The van der Waals surface area contributed by atoms with E-state index in [1.165, 1.54) is 23.1 Å². The normalized spacial score (nSPS) is 13.7. The molecule has 1 N–H and O–H groups in total.